The third-order valence-corrected chi connectivity index (χ3v) is 5.01. The van der Waals surface area contributed by atoms with E-state index in [0.29, 0.717) is 25.0 Å². The third kappa shape index (κ3) is 5.64. The van der Waals surface area contributed by atoms with E-state index in [1.54, 1.807) is 0 Å². The fraction of sp³-hybridized carbons (Fsp3) is 0.294. The SMILES string of the molecule is NCCCCCN(c1ccc([N+](=O)[O-])c([N+](=O)[O-])c1[N+](=O)[O-])c1ccc([N+](=O)[O-])c([N+](=O)[O-])c1[N+](=O)[O-]. The Morgan fingerprint density at radius 3 is 1.22 bits per heavy atom. The Kier molecular flexibility index (Phi) is 8.54. The van der Waals surface area contributed by atoms with E-state index in [2.05, 4.69) is 0 Å². The second-order valence-electron chi connectivity index (χ2n) is 7.15. The summed E-state index contributed by atoms with van der Waals surface area (Å²) in [6.45, 7) is -0.141. The van der Waals surface area contributed by atoms with Gasteiger partial charge in [-0.25, -0.2) is 0 Å². The second kappa shape index (κ2) is 11.4. The highest BCUT2D eigenvalue weighted by Crippen LogP contribution is 2.50. The average Bonchev–Trinajstić information content (AvgIpc) is 2.81. The van der Waals surface area contributed by atoms with E-state index in [1.165, 1.54) is 0 Å². The molecule has 2 aromatic rings. The maximum absolute atomic E-state index is 11.9. The van der Waals surface area contributed by atoms with Crippen molar-refractivity contribution in [2.45, 2.75) is 19.3 Å². The molecule has 2 rings (SSSR count). The van der Waals surface area contributed by atoms with E-state index in [0.717, 1.165) is 17.0 Å². The Morgan fingerprint density at radius 1 is 0.541 bits per heavy atom. The number of benzene rings is 2. The van der Waals surface area contributed by atoms with Gasteiger partial charge in [-0.3, -0.25) is 60.7 Å². The number of unbranched alkanes of at least 4 members (excludes halogenated alkanes) is 2. The standard InChI is InChI=1S/C17H16N8O12/c18-8-2-1-3-9-19(10-4-6-12(20(26)27)16(24(34)35)14(10)22(30)31)11-5-7-13(21(28)29)17(25(36)37)15(11)23(32)33/h4-7H,1-3,8-9,18H2. The Balaban J connectivity index is 3.02. The van der Waals surface area contributed by atoms with Crippen molar-refractivity contribution in [3.8, 4) is 0 Å². The molecular formula is C17H16N8O12. The van der Waals surface area contributed by atoms with Crippen molar-refractivity contribution < 1.29 is 29.5 Å². The Labute approximate surface area is 203 Å². The van der Waals surface area contributed by atoms with Gasteiger partial charge in [0.2, 0.25) is 0 Å². The zero-order valence-electron chi connectivity index (χ0n) is 18.5. The molecule has 0 heterocycles. The van der Waals surface area contributed by atoms with E-state index in [4.69, 9.17) is 5.73 Å². The molecule has 0 radical (unpaired) electrons. The van der Waals surface area contributed by atoms with Gasteiger partial charge in [-0.1, -0.05) is 6.42 Å². The number of hydrogen-bond acceptors (Lipinski definition) is 14. The second-order valence-corrected chi connectivity index (χ2v) is 7.15. The van der Waals surface area contributed by atoms with Crippen LogP contribution in [0.1, 0.15) is 19.3 Å². The largest absolute Gasteiger partial charge is 0.424 e. The maximum atomic E-state index is 11.9. The van der Waals surface area contributed by atoms with Crippen molar-refractivity contribution in [1.29, 1.82) is 0 Å². The quantitative estimate of drug-likeness (QED) is 0.223. The summed E-state index contributed by atoms with van der Waals surface area (Å²) >= 11 is 0. The fourth-order valence-electron chi connectivity index (χ4n) is 3.53. The monoisotopic (exact) mass is 524 g/mol. The summed E-state index contributed by atoms with van der Waals surface area (Å²) in [6.07, 6.45) is 0.874. The molecule has 0 saturated carbocycles. The molecule has 0 atom stereocenters. The molecule has 0 aliphatic heterocycles. The van der Waals surface area contributed by atoms with Crippen LogP contribution in [0.2, 0.25) is 0 Å². The highest BCUT2D eigenvalue weighted by atomic mass is 16.7. The summed E-state index contributed by atoms with van der Waals surface area (Å²) < 4.78 is 0. The average molecular weight is 524 g/mol. The molecule has 0 bridgehead atoms. The van der Waals surface area contributed by atoms with E-state index in [1.807, 2.05) is 0 Å². The van der Waals surface area contributed by atoms with Crippen LogP contribution >= 0.6 is 0 Å². The van der Waals surface area contributed by atoms with Crippen LogP contribution < -0.4 is 10.6 Å². The first-order valence-electron chi connectivity index (χ1n) is 10.0. The summed E-state index contributed by atoms with van der Waals surface area (Å²) in [5.74, 6) is 0. The number of nitrogens with zero attached hydrogens (tertiary/aromatic N) is 7. The molecule has 0 unspecified atom stereocenters. The van der Waals surface area contributed by atoms with Gasteiger partial charge in [0, 0.05) is 18.7 Å². The van der Waals surface area contributed by atoms with Gasteiger partial charge in [-0.2, -0.15) is 0 Å². The summed E-state index contributed by atoms with van der Waals surface area (Å²) in [4.78, 5) is 62.4. The lowest BCUT2D eigenvalue weighted by Gasteiger charge is -2.24. The summed E-state index contributed by atoms with van der Waals surface area (Å²) in [7, 11) is 0. The molecule has 0 saturated heterocycles. The first-order valence-corrected chi connectivity index (χ1v) is 10.0. The predicted octanol–water partition coefficient (Wildman–Crippen LogP) is 3.40. The van der Waals surface area contributed by atoms with Crippen LogP contribution in [0.5, 0.6) is 0 Å². The van der Waals surface area contributed by atoms with Crippen LogP contribution in [-0.2, 0) is 0 Å². The van der Waals surface area contributed by atoms with Gasteiger partial charge in [0.05, 0.1) is 29.5 Å². The third-order valence-electron chi connectivity index (χ3n) is 5.01. The first-order chi connectivity index (χ1) is 17.3. The summed E-state index contributed by atoms with van der Waals surface area (Å²) in [5.41, 5.74) is -4.41. The molecule has 0 aliphatic rings. The maximum Gasteiger partial charge on any atom is 0.424 e. The van der Waals surface area contributed by atoms with Gasteiger partial charge in [0.25, 0.3) is 0 Å². The van der Waals surface area contributed by atoms with Crippen LogP contribution in [0.3, 0.4) is 0 Å². The molecule has 0 spiro atoms. The van der Waals surface area contributed by atoms with Gasteiger partial charge >= 0.3 is 34.1 Å². The zero-order valence-corrected chi connectivity index (χ0v) is 18.5. The lowest BCUT2D eigenvalue weighted by Crippen LogP contribution is -2.22. The van der Waals surface area contributed by atoms with Crippen molar-refractivity contribution in [2.75, 3.05) is 18.0 Å². The molecular weight excluding hydrogens is 508 g/mol. The molecule has 0 aromatic heterocycles. The minimum Gasteiger partial charge on any atom is -0.330 e. The molecule has 0 aliphatic carbocycles. The van der Waals surface area contributed by atoms with Crippen molar-refractivity contribution in [2.24, 2.45) is 5.73 Å². The van der Waals surface area contributed by atoms with Crippen LogP contribution in [0, 0.1) is 60.7 Å². The van der Waals surface area contributed by atoms with Crippen LogP contribution in [0.25, 0.3) is 0 Å². The van der Waals surface area contributed by atoms with Gasteiger partial charge in [-0.05, 0) is 31.5 Å². The fourth-order valence-corrected chi connectivity index (χ4v) is 3.53. The van der Waals surface area contributed by atoms with E-state index < -0.39 is 75.0 Å². The number of anilines is 2. The predicted molar refractivity (Wildman–Crippen MR) is 123 cm³/mol. The minimum absolute atomic E-state index is 0.0983. The number of nitro groups is 6. The van der Waals surface area contributed by atoms with Crippen molar-refractivity contribution >= 4 is 45.5 Å². The molecule has 2 aromatic carbocycles. The number of nitro benzene ring substituents is 6. The van der Waals surface area contributed by atoms with E-state index in [-0.39, 0.29) is 19.5 Å². The molecule has 0 fully saturated rings. The number of nitrogens with two attached hydrogens (primary N) is 1. The normalized spacial score (nSPS) is 10.5. The lowest BCUT2D eigenvalue weighted by molar-refractivity contribution is -0.441. The summed E-state index contributed by atoms with van der Waals surface area (Å²) in [6, 6.07) is 2.59. The van der Waals surface area contributed by atoms with Crippen molar-refractivity contribution in [1.82, 2.24) is 0 Å². The molecule has 2 N–H and O–H groups in total. The molecule has 20 nitrogen and oxygen atoms in total. The molecule has 196 valence electrons. The molecule has 20 heteroatoms. The highest BCUT2D eigenvalue weighted by Gasteiger charge is 2.44. The lowest BCUT2D eigenvalue weighted by atomic mass is 10.1. The Hall–Kier alpha value is -5.40. The Morgan fingerprint density at radius 2 is 0.919 bits per heavy atom. The van der Waals surface area contributed by atoms with Crippen LogP contribution in [0.4, 0.5) is 45.5 Å². The van der Waals surface area contributed by atoms with Gasteiger partial charge in [-0.15, -0.1) is 0 Å². The highest BCUT2D eigenvalue weighted by molar-refractivity contribution is 5.88. The van der Waals surface area contributed by atoms with Crippen molar-refractivity contribution in [3.05, 3.63) is 85.0 Å². The topological polar surface area (TPSA) is 288 Å². The first kappa shape index (κ1) is 27.8. The van der Waals surface area contributed by atoms with Crippen LogP contribution in [0.15, 0.2) is 24.3 Å². The zero-order chi connectivity index (χ0) is 28.0. The van der Waals surface area contributed by atoms with Crippen molar-refractivity contribution in [3.63, 3.8) is 0 Å². The Bertz CT molecular complexity index is 1220. The summed E-state index contributed by atoms with van der Waals surface area (Å²) in [5, 5.41) is 69.5. The minimum atomic E-state index is -1.53. The number of rotatable bonds is 13. The molecule has 0 amide bonds. The van der Waals surface area contributed by atoms with Crippen LogP contribution in [-0.4, -0.2) is 42.6 Å². The van der Waals surface area contributed by atoms with Gasteiger partial charge in [0.1, 0.15) is 11.4 Å². The van der Waals surface area contributed by atoms with E-state index in [9.17, 15) is 60.7 Å². The smallest absolute Gasteiger partial charge is 0.330 e. The number of hydrogen-bond donors (Lipinski definition) is 1. The molecule has 37 heavy (non-hydrogen) atoms. The van der Waals surface area contributed by atoms with E-state index >= 15 is 0 Å². The van der Waals surface area contributed by atoms with Gasteiger partial charge < -0.3 is 10.6 Å². The van der Waals surface area contributed by atoms with Gasteiger partial charge in [0.15, 0.2) is 0 Å².